The van der Waals surface area contributed by atoms with E-state index < -0.39 is 5.91 Å². The quantitative estimate of drug-likeness (QED) is 0.335. The van der Waals surface area contributed by atoms with Crippen LogP contribution < -0.4 is 5.48 Å². The van der Waals surface area contributed by atoms with E-state index >= 15 is 0 Å². The smallest absolute Gasteiger partial charge is 0.285 e. The lowest BCUT2D eigenvalue weighted by atomic mass is 10.5. The number of aliphatic imine (C=N–C) groups is 1. The van der Waals surface area contributed by atoms with E-state index in [1.165, 1.54) is 5.48 Å². The van der Waals surface area contributed by atoms with Crippen molar-refractivity contribution >= 4 is 12.1 Å². The Labute approximate surface area is 59.2 Å². The fourth-order valence-electron chi connectivity index (χ4n) is 0.264. The van der Waals surface area contributed by atoms with Gasteiger partial charge in [-0.15, -0.1) is 0 Å². The number of nitrogens with zero attached hydrogens (tertiary/aromatic N) is 1. The van der Waals surface area contributed by atoms with Crippen LogP contribution in [-0.4, -0.2) is 17.3 Å². The van der Waals surface area contributed by atoms with Gasteiger partial charge in [0, 0.05) is 5.70 Å². The van der Waals surface area contributed by atoms with Crippen LogP contribution in [-0.2, 0) is 4.79 Å². The molecule has 0 unspecified atom stereocenters. The Morgan fingerprint density at radius 3 is 2.70 bits per heavy atom. The van der Waals surface area contributed by atoms with Gasteiger partial charge in [0.05, 0.1) is 6.21 Å². The molecule has 4 heteroatoms. The average Bonchev–Trinajstić information content (AvgIpc) is 1.99. The first kappa shape index (κ1) is 8.84. The van der Waals surface area contributed by atoms with E-state index in [2.05, 4.69) is 4.99 Å². The number of carbonyl (C=O) groups is 1. The third-order valence-electron chi connectivity index (χ3n) is 0.913. The van der Waals surface area contributed by atoms with Gasteiger partial charge in [0.15, 0.2) is 0 Å². The van der Waals surface area contributed by atoms with E-state index in [9.17, 15) is 4.79 Å². The first-order chi connectivity index (χ1) is 4.70. The van der Waals surface area contributed by atoms with Crippen LogP contribution in [0.3, 0.4) is 0 Å². The fourth-order valence-corrected chi connectivity index (χ4v) is 0.264. The van der Waals surface area contributed by atoms with E-state index in [0.29, 0.717) is 0 Å². The number of hydrogen-bond acceptors (Lipinski definition) is 3. The SMILES string of the molecule is C/C=C(/C)N=CC(=O)NO. The minimum atomic E-state index is -0.624. The van der Waals surface area contributed by atoms with Crippen LogP contribution in [0.5, 0.6) is 0 Å². The second-order valence-electron chi connectivity index (χ2n) is 1.66. The molecule has 0 aliphatic carbocycles. The summed E-state index contributed by atoms with van der Waals surface area (Å²) in [6.07, 6.45) is 2.76. The van der Waals surface area contributed by atoms with Crippen LogP contribution in [0, 0.1) is 0 Å². The summed E-state index contributed by atoms with van der Waals surface area (Å²) < 4.78 is 0. The number of amides is 1. The highest BCUT2D eigenvalue weighted by molar-refractivity contribution is 6.25. The summed E-state index contributed by atoms with van der Waals surface area (Å²) in [5.74, 6) is -0.624. The van der Waals surface area contributed by atoms with Gasteiger partial charge in [0.1, 0.15) is 0 Å². The van der Waals surface area contributed by atoms with Crippen LogP contribution in [0.1, 0.15) is 13.8 Å². The second-order valence-corrected chi connectivity index (χ2v) is 1.66. The van der Waals surface area contributed by atoms with Gasteiger partial charge in [-0.1, -0.05) is 6.08 Å². The van der Waals surface area contributed by atoms with E-state index in [1.54, 1.807) is 13.0 Å². The van der Waals surface area contributed by atoms with Gasteiger partial charge < -0.3 is 0 Å². The van der Waals surface area contributed by atoms with Crippen LogP contribution in [0.15, 0.2) is 16.8 Å². The molecular formula is C6H10N2O2. The molecular weight excluding hydrogens is 132 g/mol. The molecule has 0 aromatic carbocycles. The molecule has 4 nitrogen and oxygen atoms in total. The maximum absolute atomic E-state index is 10.3. The first-order valence-corrected chi connectivity index (χ1v) is 2.81. The van der Waals surface area contributed by atoms with E-state index in [0.717, 1.165) is 11.9 Å². The average molecular weight is 142 g/mol. The molecule has 56 valence electrons. The van der Waals surface area contributed by atoms with Gasteiger partial charge in [-0.2, -0.15) is 0 Å². The molecule has 0 radical (unpaired) electrons. The van der Waals surface area contributed by atoms with Crippen LogP contribution in [0.4, 0.5) is 0 Å². The molecule has 0 saturated carbocycles. The lowest BCUT2D eigenvalue weighted by Crippen LogP contribution is -2.19. The van der Waals surface area contributed by atoms with Crippen molar-refractivity contribution in [1.82, 2.24) is 5.48 Å². The Morgan fingerprint density at radius 2 is 2.30 bits per heavy atom. The normalized spacial score (nSPS) is 12.1. The topological polar surface area (TPSA) is 61.7 Å². The van der Waals surface area contributed by atoms with Crippen LogP contribution >= 0.6 is 0 Å². The van der Waals surface area contributed by atoms with Gasteiger partial charge in [0.25, 0.3) is 5.91 Å². The predicted octanol–water partition coefficient (Wildman–Crippen LogP) is 0.486. The number of nitrogens with one attached hydrogen (secondary N) is 1. The van der Waals surface area contributed by atoms with Gasteiger partial charge in [-0.25, -0.2) is 5.48 Å². The highest BCUT2D eigenvalue weighted by atomic mass is 16.5. The highest BCUT2D eigenvalue weighted by Gasteiger charge is 1.88. The molecule has 1 amide bonds. The Kier molecular flexibility index (Phi) is 4.15. The maximum Gasteiger partial charge on any atom is 0.285 e. The molecule has 0 bridgehead atoms. The monoisotopic (exact) mass is 142 g/mol. The molecule has 0 atom stereocenters. The summed E-state index contributed by atoms with van der Waals surface area (Å²) in [7, 11) is 0. The van der Waals surface area contributed by atoms with Crippen molar-refractivity contribution in [2.45, 2.75) is 13.8 Å². The Morgan fingerprint density at radius 1 is 1.70 bits per heavy atom. The molecule has 0 aliphatic heterocycles. The third kappa shape index (κ3) is 3.80. The number of hydroxylamine groups is 1. The summed E-state index contributed by atoms with van der Waals surface area (Å²) in [6.45, 7) is 3.56. The molecule has 0 aromatic rings. The summed E-state index contributed by atoms with van der Waals surface area (Å²) in [6, 6.07) is 0. The molecule has 0 fully saturated rings. The minimum absolute atomic E-state index is 0.624. The summed E-state index contributed by atoms with van der Waals surface area (Å²) in [5, 5.41) is 8.01. The van der Waals surface area contributed by atoms with Crippen molar-refractivity contribution < 1.29 is 10.0 Å². The number of hydrogen-bond donors (Lipinski definition) is 2. The van der Waals surface area contributed by atoms with Crippen molar-refractivity contribution in [3.63, 3.8) is 0 Å². The second kappa shape index (κ2) is 4.69. The van der Waals surface area contributed by atoms with Gasteiger partial charge in [0.2, 0.25) is 0 Å². The molecule has 0 aromatic heterocycles. The van der Waals surface area contributed by atoms with Crippen LogP contribution in [0.2, 0.25) is 0 Å². The Hall–Kier alpha value is -1.16. The molecule has 2 N–H and O–H groups in total. The molecule has 0 spiro atoms. The van der Waals surface area contributed by atoms with Gasteiger partial charge in [-0.3, -0.25) is 15.0 Å². The molecule has 10 heavy (non-hydrogen) atoms. The van der Waals surface area contributed by atoms with Gasteiger partial charge >= 0.3 is 0 Å². The van der Waals surface area contributed by atoms with Crippen LogP contribution in [0.25, 0.3) is 0 Å². The highest BCUT2D eigenvalue weighted by Crippen LogP contribution is 1.89. The maximum atomic E-state index is 10.3. The van der Waals surface area contributed by atoms with Crippen molar-refractivity contribution in [2.24, 2.45) is 4.99 Å². The summed E-state index contributed by atoms with van der Waals surface area (Å²) in [4.78, 5) is 14.0. The Bertz CT molecular complexity index is 173. The van der Waals surface area contributed by atoms with E-state index in [1.807, 2.05) is 6.92 Å². The number of allylic oxidation sites excluding steroid dienone is 2. The molecule has 0 rings (SSSR count). The molecule has 0 aliphatic rings. The Balaban J connectivity index is 3.88. The standard InChI is InChI=1S/C6H10N2O2/c1-3-5(2)7-4-6(9)8-10/h3-4,10H,1-2H3,(H,8,9)/b5-3-,7-4?. The number of carbonyl (C=O) groups excluding carboxylic acids is 1. The molecule has 0 heterocycles. The first-order valence-electron chi connectivity index (χ1n) is 2.81. The molecule has 0 saturated heterocycles. The van der Waals surface area contributed by atoms with Crippen molar-refractivity contribution in [1.29, 1.82) is 0 Å². The van der Waals surface area contributed by atoms with Crippen molar-refractivity contribution in [3.8, 4) is 0 Å². The van der Waals surface area contributed by atoms with Crippen molar-refractivity contribution in [3.05, 3.63) is 11.8 Å². The lowest BCUT2D eigenvalue weighted by molar-refractivity contribution is -0.121. The zero-order chi connectivity index (χ0) is 7.98. The van der Waals surface area contributed by atoms with Crippen molar-refractivity contribution in [2.75, 3.05) is 0 Å². The number of rotatable bonds is 2. The fraction of sp³-hybridized carbons (Fsp3) is 0.333. The van der Waals surface area contributed by atoms with E-state index in [-0.39, 0.29) is 0 Å². The zero-order valence-corrected chi connectivity index (χ0v) is 5.96. The third-order valence-corrected chi connectivity index (χ3v) is 0.913. The predicted molar refractivity (Wildman–Crippen MR) is 37.9 cm³/mol. The summed E-state index contributed by atoms with van der Waals surface area (Å²) in [5.41, 5.74) is 2.15. The van der Waals surface area contributed by atoms with E-state index in [4.69, 9.17) is 5.21 Å². The minimum Gasteiger partial charge on any atom is -0.288 e. The van der Waals surface area contributed by atoms with Gasteiger partial charge in [-0.05, 0) is 13.8 Å². The largest absolute Gasteiger partial charge is 0.288 e. The zero-order valence-electron chi connectivity index (χ0n) is 5.96. The lowest BCUT2D eigenvalue weighted by Gasteiger charge is -1.88. The summed E-state index contributed by atoms with van der Waals surface area (Å²) >= 11 is 0.